The van der Waals surface area contributed by atoms with Crippen molar-refractivity contribution in [2.24, 2.45) is 11.7 Å². The van der Waals surface area contributed by atoms with Crippen molar-refractivity contribution in [2.45, 2.75) is 76.7 Å². The second-order valence-corrected chi connectivity index (χ2v) is 9.08. The number of aromatic nitrogens is 1. The van der Waals surface area contributed by atoms with Gasteiger partial charge < -0.3 is 10.6 Å². The van der Waals surface area contributed by atoms with Gasteiger partial charge in [-0.05, 0) is 38.5 Å². The third-order valence-electron chi connectivity index (χ3n) is 5.77. The first-order chi connectivity index (χ1) is 11.4. The molecule has 2 heterocycles. The van der Waals surface area contributed by atoms with E-state index in [0.717, 1.165) is 51.6 Å². The quantitative estimate of drug-likeness (QED) is 0.767. The molecule has 1 aromatic heterocycles. The number of nitrogens with two attached hydrogens (primary N) is 1. The van der Waals surface area contributed by atoms with Crippen molar-refractivity contribution >= 4 is 42.1 Å². The summed E-state index contributed by atoms with van der Waals surface area (Å²) in [5.41, 5.74) is 7.30. The lowest BCUT2D eigenvalue weighted by molar-refractivity contribution is -0.140. The van der Waals surface area contributed by atoms with E-state index in [4.69, 9.17) is 10.7 Å². The molecule has 3 atom stereocenters. The Hall–Kier alpha value is -0.360. The highest BCUT2D eigenvalue weighted by Gasteiger charge is 2.41. The van der Waals surface area contributed by atoms with E-state index in [1.165, 1.54) is 10.7 Å². The van der Waals surface area contributed by atoms with Crippen LogP contribution in [0.3, 0.4) is 0 Å². The smallest absolute Gasteiger partial charge is 0.227 e. The number of rotatable bonds is 3. The van der Waals surface area contributed by atoms with Gasteiger partial charge in [0.2, 0.25) is 5.91 Å². The van der Waals surface area contributed by atoms with Crippen LogP contribution in [-0.4, -0.2) is 34.4 Å². The molecule has 2 N–H and O–H groups in total. The van der Waals surface area contributed by atoms with Crippen LogP contribution in [0.2, 0.25) is 0 Å². The van der Waals surface area contributed by atoms with Gasteiger partial charge in [-0.3, -0.25) is 4.79 Å². The zero-order valence-corrected chi connectivity index (χ0v) is 18.5. The molecule has 3 unspecified atom stereocenters. The van der Waals surface area contributed by atoms with E-state index in [-0.39, 0.29) is 42.2 Å². The predicted molar refractivity (Wildman–Crippen MR) is 114 cm³/mol. The fourth-order valence-corrected chi connectivity index (χ4v) is 5.23. The Bertz CT molecular complexity index is 591. The maximum atomic E-state index is 13.1. The van der Waals surface area contributed by atoms with Gasteiger partial charge in [0.25, 0.3) is 0 Å². The van der Waals surface area contributed by atoms with Gasteiger partial charge >= 0.3 is 0 Å². The SMILES string of the molecule is CC(C)c1csc(C2CCCN(C(=O)C3CCCCC3(C)N)C2)n1.Cl.Cl. The van der Waals surface area contributed by atoms with Crippen molar-refractivity contribution in [2.75, 3.05) is 13.1 Å². The maximum Gasteiger partial charge on any atom is 0.227 e. The second-order valence-electron chi connectivity index (χ2n) is 8.19. The predicted octanol–water partition coefficient (Wildman–Crippen LogP) is 4.72. The van der Waals surface area contributed by atoms with E-state index in [1.807, 2.05) is 0 Å². The van der Waals surface area contributed by atoms with Crippen LogP contribution in [0.25, 0.3) is 0 Å². The van der Waals surface area contributed by atoms with E-state index in [0.29, 0.717) is 11.8 Å². The molecule has 4 nitrogen and oxygen atoms in total. The summed E-state index contributed by atoms with van der Waals surface area (Å²) in [7, 11) is 0. The van der Waals surface area contributed by atoms with Crippen molar-refractivity contribution in [3.05, 3.63) is 16.1 Å². The molecule has 150 valence electrons. The van der Waals surface area contributed by atoms with Crippen LogP contribution in [0.5, 0.6) is 0 Å². The lowest BCUT2D eigenvalue weighted by Crippen LogP contribution is -2.55. The number of carbonyl (C=O) groups excluding carboxylic acids is 1. The van der Waals surface area contributed by atoms with E-state index < -0.39 is 0 Å². The first-order valence-corrected chi connectivity index (χ1v) is 10.3. The second kappa shape index (κ2) is 9.72. The number of piperidine rings is 1. The summed E-state index contributed by atoms with van der Waals surface area (Å²) in [6.45, 7) is 8.12. The summed E-state index contributed by atoms with van der Waals surface area (Å²) in [5, 5.41) is 3.38. The van der Waals surface area contributed by atoms with Gasteiger partial charge in [0.1, 0.15) is 0 Å². The number of hydrogen-bond donors (Lipinski definition) is 1. The first kappa shape index (κ1) is 23.7. The lowest BCUT2D eigenvalue weighted by Gasteiger charge is -2.42. The van der Waals surface area contributed by atoms with E-state index in [2.05, 4.69) is 31.1 Å². The molecule has 1 aromatic rings. The third-order valence-corrected chi connectivity index (χ3v) is 6.79. The Labute approximate surface area is 174 Å². The van der Waals surface area contributed by atoms with Crippen LogP contribution in [0.1, 0.15) is 81.8 Å². The number of halogens is 2. The van der Waals surface area contributed by atoms with Crippen molar-refractivity contribution in [1.29, 1.82) is 0 Å². The van der Waals surface area contributed by atoms with Gasteiger partial charge in [0.05, 0.1) is 16.6 Å². The Morgan fingerprint density at radius 2 is 2.04 bits per heavy atom. The molecule has 0 bridgehead atoms. The summed E-state index contributed by atoms with van der Waals surface area (Å²) in [4.78, 5) is 20.0. The van der Waals surface area contributed by atoms with Gasteiger partial charge in [-0.25, -0.2) is 4.98 Å². The molecule has 1 amide bonds. The molecule has 1 saturated heterocycles. The molecular formula is C19H33Cl2N3OS. The summed E-state index contributed by atoms with van der Waals surface area (Å²) in [5.74, 6) is 1.14. The highest BCUT2D eigenvalue weighted by Crippen LogP contribution is 2.36. The van der Waals surface area contributed by atoms with Gasteiger partial charge in [-0.1, -0.05) is 26.7 Å². The molecule has 26 heavy (non-hydrogen) atoms. The summed E-state index contributed by atoms with van der Waals surface area (Å²) >= 11 is 1.76. The molecule has 7 heteroatoms. The highest BCUT2D eigenvalue weighted by atomic mass is 35.5. The Morgan fingerprint density at radius 3 is 2.65 bits per heavy atom. The van der Waals surface area contributed by atoms with E-state index in [1.54, 1.807) is 11.3 Å². The molecule has 2 aliphatic rings. The standard InChI is InChI=1S/C19H31N3OS.2ClH/c1-13(2)16-12-24-17(21-16)14-7-6-10-22(11-14)18(23)15-8-4-5-9-19(15,3)20;;/h12-15H,4-11,20H2,1-3H3;2*1H. The summed E-state index contributed by atoms with van der Waals surface area (Å²) in [6, 6.07) is 0. The number of nitrogens with zero attached hydrogens (tertiary/aromatic N) is 2. The third kappa shape index (κ3) is 5.12. The molecule has 1 saturated carbocycles. The minimum Gasteiger partial charge on any atom is -0.342 e. The lowest BCUT2D eigenvalue weighted by atomic mass is 9.73. The molecule has 0 radical (unpaired) electrons. The average Bonchev–Trinajstić information content (AvgIpc) is 3.04. The first-order valence-electron chi connectivity index (χ1n) is 9.41. The van der Waals surface area contributed by atoms with Crippen molar-refractivity contribution in [3.8, 4) is 0 Å². The molecule has 1 aliphatic carbocycles. The molecule has 1 aliphatic heterocycles. The van der Waals surface area contributed by atoms with Gasteiger partial charge in [-0.15, -0.1) is 36.2 Å². The van der Waals surface area contributed by atoms with Crippen LogP contribution in [0, 0.1) is 5.92 Å². The fraction of sp³-hybridized carbons (Fsp3) is 0.789. The average molecular weight is 422 g/mol. The topological polar surface area (TPSA) is 59.2 Å². The molecule has 2 fully saturated rings. The molecule has 0 spiro atoms. The van der Waals surface area contributed by atoms with Crippen molar-refractivity contribution in [3.63, 3.8) is 0 Å². The molecule has 0 aromatic carbocycles. The minimum atomic E-state index is -0.339. The maximum absolute atomic E-state index is 13.1. The van der Waals surface area contributed by atoms with Crippen LogP contribution >= 0.6 is 36.2 Å². The Kier molecular flexibility index (Phi) is 8.85. The van der Waals surface area contributed by atoms with E-state index in [9.17, 15) is 4.79 Å². The minimum absolute atomic E-state index is 0. The number of hydrogen-bond acceptors (Lipinski definition) is 4. The Morgan fingerprint density at radius 1 is 1.31 bits per heavy atom. The summed E-state index contributed by atoms with van der Waals surface area (Å²) < 4.78 is 0. The number of thiazole rings is 1. The monoisotopic (exact) mass is 421 g/mol. The number of carbonyl (C=O) groups is 1. The van der Waals surface area contributed by atoms with Gasteiger partial charge in [-0.2, -0.15) is 0 Å². The van der Waals surface area contributed by atoms with Crippen LogP contribution in [0.4, 0.5) is 0 Å². The van der Waals surface area contributed by atoms with E-state index >= 15 is 0 Å². The van der Waals surface area contributed by atoms with Crippen LogP contribution < -0.4 is 5.73 Å². The Balaban J connectivity index is 0.00000169. The molecule has 3 rings (SSSR count). The molecular weight excluding hydrogens is 389 g/mol. The van der Waals surface area contributed by atoms with Crippen molar-refractivity contribution in [1.82, 2.24) is 9.88 Å². The largest absolute Gasteiger partial charge is 0.342 e. The van der Waals surface area contributed by atoms with Gasteiger partial charge in [0, 0.05) is 29.9 Å². The van der Waals surface area contributed by atoms with Gasteiger partial charge in [0.15, 0.2) is 0 Å². The number of amides is 1. The fourth-order valence-electron chi connectivity index (χ4n) is 4.12. The van der Waals surface area contributed by atoms with Crippen LogP contribution in [-0.2, 0) is 4.79 Å². The zero-order chi connectivity index (χ0) is 17.3. The highest BCUT2D eigenvalue weighted by molar-refractivity contribution is 7.09. The van der Waals surface area contributed by atoms with Crippen LogP contribution in [0.15, 0.2) is 5.38 Å². The number of likely N-dealkylation sites (tertiary alicyclic amines) is 1. The summed E-state index contributed by atoms with van der Waals surface area (Å²) in [6.07, 6.45) is 6.40. The normalized spacial score (nSPS) is 29.0. The zero-order valence-electron chi connectivity index (χ0n) is 16.1. The van der Waals surface area contributed by atoms with Crippen molar-refractivity contribution < 1.29 is 4.79 Å².